The van der Waals surface area contributed by atoms with Crippen LogP contribution in [0.25, 0.3) is 0 Å². The molecule has 1 aromatic carbocycles. The highest BCUT2D eigenvalue weighted by Gasteiger charge is 2.05. The summed E-state index contributed by atoms with van der Waals surface area (Å²) < 4.78 is 0. The van der Waals surface area contributed by atoms with E-state index < -0.39 is 5.97 Å². The monoisotopic (exact) mass is 191 g/mol. The second-order valence-electron chi connectivity index (χ2n) is 2.82. The van der Waals surface area contributed by atoms with Gasteiger partial charge in [0.05, 0.1) is 11.6 Å². The number of aromatic carboxylic acids is 1. The lowest BCUT2D eigenvalue weighted by Crippen LogP contribution is -1.97. The molecule has 0 amide bonds. The van der Waals surface area contributed by atoms with E-state index in [-0.39, 0.29) is 11.6 Å². The molecule has 1 rings (SSSR count). The van der Waals surface area contributed by atoms with Gasteiger partial charge in [0.15, 0.2) is 0 Å². The van der Waals surface area contributed by atoms with Crippen LogP contribution in [0.2, 0.25) is 0 Å². The zero-order valence-corrected chi connectivity index (χ0v) is 7.60. The number of nitrogens with zero attached hydrogens (tertiary/aromatic N) is 1. The lowest BCUT2D eigenvalue weighted by Gasteiger charge is -2.03. The van der Waals surface area contributed by atoms with E-state index in [1.54, 1.807) is 19.1 Å². The predicted molar refractivity (Wildman–Crippen MR) is 49.9 cm³/mol. The first-order valence-corrected chi connectivity index (χ1v) is 4.05. The Bertz CT molecular complexity index is 377. The van der Waals surface area contributed by atoms with Gasteiger partial charge in [0, 0.05) is 0 Å². The standard InChI is InChI=1S/C10H9NO3/c1-7(11-6-12)8-2-4-9(5-3-8)10(13)14/h2-5,7H,1H3,(H,13,14)/t7-/m1/s1. The van der Waals surface area contributed by atoms with E-state index in [2.05, 4.69) is 4.99 Å². The maximum Gasteiger partial charge on any atom is 0.335 e. The number of carbonyl (C=O) groups excluding carboxylic acids is 1. The molecule has 0 bridgehead atoms. The van der Waals surface area contributed by atoms with Crippen molar-refractivity contribution in [2.45, 2.75) is 13.0 Å². The molecule has 72 valence electrons. The largest absolute Gasteiger partial charge is 0.478 e. The van der Waals surface area contributed by atoms with Crippen LogP contribution in [0.15, 0.2) is 29.3 Å². The Morgan fingerprint density at radius 1 is 1.43 bits per heavy atom. The van der Waals surface area contributed by atoms with Crippen molar-refractivity contribution in [1.82, 2.24) is 0 Å². The first-order chi connectivity index (χ1) is 6.65. The van der Waals surface area contributed by atoms with Crippen LogP contribution in [0.4, 0.5) is 0 Å². The van der Waals surface area contributed by atoms with E-state index in [1.165, 1.54) is 18.2 Å². The highest BCUT2D eigenvalue weighted by atomic mass is 16.4. The first-order valence-electron chi connectivity index (χ1n) is 4.05. The van der Waals surface area contributed by atoms with Crippen LogP contribution >= 0.6 is 0 Å². The highest BCUT2D eigenvalue weighted by molar-refractivity contribution is 5.87. The molecule has 0 aliphatic rings. The smallest absolute Gasteiger partial charge is 0.335 e. The Labute approximate surface area is 80.9 Å². The van der Waals surface area contributed by atoms with Crippen LogP contribution in [0.1, 0.15) is 28.9 Å². The van der Waals surface area contributed by atoms with Gasteiger partial charge >= 0.3 is 5.97 Å². The summed E-state index contributed by atoms with van der Waals surface area (Å²) in [7, 11) is 0. The number of aliphatic imine (C=N–C) groups is 1. The number of benzene rings is 1. The number of rotatable bonds is 3. The summed E-state index contributed by atoms with van der Waals surface area (Å²) in [5, 5.41) is 8.63. The van der Waals surface area contributed by atoms with E-state index in [9.17, 15) is 9.59 Å². The maximum atomic E-state index is 10.5. The lowest BCUT2D eigenvalue weighted by atomic mass is 10.1. The summed E-state index contributed by atoms with van der Waals surface area (Å²) in [5.41, 5.74) is 1.01. The van der Waals surface area contributed by atoms with Gasteiger partial charge in [-0.2, -0.15) is 4.99 Å². The van der Waals surface area contributed by atoms with Crippen molar-refractivity contribution in [2.75, 3.05) is 0 Å². The number of hydrogen-bond donors (Lipinski definition) is 1. The summed E-state index contributed by atoms with van der Waals surface area (Å²) in [6.07, 6.45) is 1.46. The molecule has 0 aliphatic carbocycles. The van der Waals surface area contributed by atoms with Gasteiger partial charge in [0.25, 0.3) is 0 Å². The van der Waals surface area contributed by atoms with Gasteiger partial charge in [-0.25, -0.2) is 9.59 Å². The molecule has 14 heavy (non-hydrogen) atoms. The normalized spacial score (nSPS) is 11.5. The molecule has 1 atom stereocenters. The van der Waals surface area contributed by atoms with Crippen molar-refractivity contribution in [1.29, 1.82) is 0 Å². The van der Waals surface area contributed by atoms with Crippen LogP contribution in [0.3, 0.4) is 0 Å². The molecule has 4 nitrogen and oxygen atoms in total. The Morgan fingerprint density at radius 2 is 2.00 bits per heavy atom. The second kappa shape index (κ2) is 4.35. The van der Waals surface area contributed by atoms with E-state index in [0.717, 1.165) is 5.56 Å². The molecule has 0 radical (unpaired) electrons. The van der Waals surface area contributed by atoms with Gasteiger partial charge < -0.3 is 5.11 Å². The van der Waals surface area contributed by atoms with Crippen molar-refractivity contribution in [3.63, 3.8) is 0 Å². The van der Waals surface area contributed by atoms with Crippen LogP contribution in [0.5, 0.6) is 0 Å². The van der Waals surface area contributed by atoms with Gasteiger partial charge in [-0.05, 0) is 24.6 Å². The minimum absolute atomic E-state index is 0.219. The number of isocyanates is 1. The van der Waals surface area contributed by atoms with Crippen LogP contribution in [0, 0.1) is 0 Å². The minimum Gasteiger partial charge on any atom is -0.478 e. The van der Waals surface area contributed by atoms with Crippen LogP contribution in [-0.4, -0.2) is 17.2 Å². The third kappa shape index (κ3) is 2.28. The Morgan fingerprint density at radius 3 is 2.43 bits per heavy atom. The molecule has 0 heterocycles. The average molecular weight is 191 g/mol. The topological polar surface area (TPSA) is 66.7 Å². The third-order valence-corrected chi connectivity index (χ3v) is 1.89. The molecule has 1 aromatic rings. The molecular formula is C10H9NO3. The van der Waals surface area contributed by atoms with Gasteiger partial charge in [0.2, 0.25) is 6.08 Å². The van der Waals surface area contributed by atoms with Crippen molar-refractivity contribution in [3.8, 4) is 0 Å². The fourth-order valence-electron chi connectivity index (χ4n) is 1.06. The molecule has 0 fully saturated rings. The Hall–Kier alpha value is -1.93. The number of hydrogen-bond acceptors (Lipinski definition) is 3. The van der Waals surface area contributed by atoms with Gasteiger partial charge in [-0.3, -0.25) is 0 Å². The maximum absolute atomic E-state index is 10.5. The molecule has 0 unspecified atom stereocenters. The zero-order valence-electron chi connectivity index (χ0n) is 7.60. The summed E-state index contributed by atoms with van der Waals surface area (Å²) in [4.78, 5) is 24.0. The van der Waals surface area contributed by atoms with Crippen LogP contribution in [-0.2, 0) is 4.79 Å². The van der Waals surface area contributed by atoms with E-state index in [0.29, 0.717) is 0 Å². The predicted octanol–water partition coefficient (Wildman–Crippen LogP) is 1.78. The Balaban J connectivity index is 2.93. The second-order valence-corrected chi connectivity index (χ2v) is 2.82. The summed E-state index contributed by atoms with van der Waals surface area (Å²) in [6.45, 7) is 1.74. The third-order valence-electron chi connectivity index (χ3n) is 1.89. The Kier molecular flexibility index (Phi) is 3.15. The van der Waals surface area contributed by atoms with Gasteiger partial charge in [-0.15, -0.1) is 0 Å². The van der Waals surface area contributed by atoms with Gasteiger partial charge in [-0.1, -0.05) is 12.1 Å². The first kappa shape index (κ1) is 10.2. The number of carbonyl (C=O) groups is 1. The summed E-state index contributed by atoms with van der Waals surface area (Å²) >= 11 is 0. The molecule has 0 saturated carbocycles. The average Bonchev–Trinajstić information content (AvgIpc) is 2.18. The fraction of sp³-hybridized carbons (Fsp3) is 0.200. The van der Waals surface area contributed by atoms with Crippen LogP contribution < -0.4 is 0 Å². The SMILES string of the molecule is C[C@@H](N=C=O)c1ccc(C(=O)O)cc1. The zero-order chi connectivity index (χ0) is 10.6. The van der Waals surface area contributed by atoms with Gasteiger partial charge in [0.1, 0.15) is 0 Å². The van der Waals surface area contributed by atoms with Crippen molar-refractivity contribution in [3.05, 3.63) is 35.4 Å². The fourth-order valence-corrected chi connectivity index (χ4v) is 1.06. The van der Waals surface area contributed by atoms with Crippen molar-refractivity contribution >= 4 is 12.0 Å². The molecular weight excluding hydrogens is 182 g/mol. The van der Waals surface area contributed by atoms with Crippen molar-refractivity contribution < 1.29 is 14.7 Å². The molecule has 4 heteroatoms. The molecule has 0 aromatic heterocycles. The minimum atomic E-state index is -0.969. The summed E-state index contributed by atoms with van der Waals surface area (Å²) in [6, 6.07) is 5.95. The van der Waals surface area contributed by atoms with Crippen molar-refractivity contribution in [2.24, 2.45) is 4.99 Å². The highest BCUT2D eigenvalue weighted by Crippen LogP contribution is 2.16. The van der Waals surface area contributed by atoms with E-state index in [4.69, 9.17) is 5.11 Å². The quantitative estimate of drug-likeness (QED) is 0.585. The number of carboxylic acid groups (broad SMARTS) is 1. The number of carboxylic acids is 1. The molecule has 0 aliphatic heterocycles. The molecule has 0 saturated heterocycles. The van der Waals surface area contributed by atoms with E-state index in [1.807, 2.05) is 0 Å². The van der Waals surface area contributed by atoms with E-state index >= 15 is 0 Å². The molecule has 1 N–H and O–H groups in total. The molecule has 0 spiro atoms. The lowest BCUT2D eigenvalue weighted by molar-refractivity contribution is 0.0697. The summed E-state index contributed by atoms with van der Waals surface area (Å²) in [5.74, 6) is -0.969.